The summed E-state index contributed by atoms with van der Waals surface area (Å²) in [6, 6.07) is 22.8. The molecule has 0 spiro atoms. The maximum Gasteiger partial charge on any atom is 0.328 e. The van der Waals surface area contributed by atoms with Crippen molar-refractivity contribution in [2.75, 3.05) is 12.4 Å². The minimum Gasteiger partial charge on any atom is -0.497 e. The molecule has 33 heavy (non-hydrogen) atoms. The lowest BCUT2D eigenvalue weighted by atomic mass is 10.1. The van der Waals surface area contributed by atoms with E-state index in [4.69, 9.17) is 14.8 Å². The van der Waals surface area contributed by atoms with Crippen molar-refractivity contribution in [2.45, 2.75) is 6.92 Å². The van der Waals surface area contributed by atoms with Crippen molar-refractivity contribution in [3.8, 4) is 28.5 Å². The largest absolute Gasteiger partial charge is 0.497 e. The Hall–Kier alpha value is -4.52. The molecule has 0 aliphatic carbocycles. The Morgan fingerprint density at radius 2 is 1.61 bits per heavy atom. The number of aryl methyl sites for hydroxylation is 1. The van der Waals surface area contributed by atoms with E-state index < -0.39 is 5.97 Å². The van der Waals surface area contributed by atoms with Crippen LogP contribution in [0.3, 0.4) is 0 Å². The number of aliphatic carboxylic acids is 1. The second kappa shape index (κ2) is 9.74. The van der Waals surface area contributed by atoms with E-state index in [-0.39, 0.29) is 0 Å². The smallest absolute Gasteiger partial charge is 0.328 e. The summed E-state index contributed by atoms with van der Waals surface area (Å²) in [5.41, 5.74) is 4.37. The number of carboxylic acid groups (broad SMARTS) is 1. The number of hydrogen-bond acceptors (Lipinski definition) is 6. The molecule has 7 heteroatoms. The molecule has 2 N–H and O–H groups in total. The van der Waals surface area contributed by atoms with Crippen LogP contribution in [0.1, 0.15) is 11.1 Å². The van der Waals surface area contributed by atoms with E-state index in [0.717, 1.165) is 39.8 Å². The highest BCUT2D eigenvalue weighted by Gasteiger charge is 2.12. The fourth-order valence-electron chi connectivity index (χ4n) is 3.22. The summed E-state index contributed by atoms with van der Waals surface area (Å²) in [5.74, 6) is 1.27. The van der Waals surface area contributed by atoms with Crippen LogP contribution < -0.4 is 10.1 Å². The number of benzene rings is 3. The molecular weight excluding hydrogens is 416 g/mol. The zero-order valence-corrected chi connectivity index (χ0v) is 18.2. The molecule has 0 radical (unpaired) electrons. The molecule has 0 saturated heterocycles. The number of carbonyl (C=O) groups is 1. The highest BCUT2D eigenvalue weighted by Crippen LogP contribution is 2.26. The summed E-state index contributed by atoms with van der Waals surface area (Å²) in [7, 11) is 1.62. The van der Waals surface area contributed by atoms with Gasteiger partial charge in [0.05, 0.1) is 7.11 Å². The molecule has 0 atom stereocenters. The first-order valence-electron chi connectivity index (χ1n) is 10.3. The maximum atomic E-state index is 10.7. The summed E-state index contributed by atoms with van der Waals surface area (Å²) in [4.78, 5) is 24.7. The SMILES string of the molecule is COc1ccc(-c2nc(Nc3ccc(C=CC(=O)O)cc3)nc(-c3ccccc3C)n2)cc1. The molecular formula is C26H22N4O3. The van der Waals surface area contributed by atoms with Gasteiger partial charge < -0.3 is 15.2 Å². The van der Waals surface area contributed by atoms with Crippen molar-refractivity contribution in [3.63, 3.8) is 0 Å². The minimum absolute atomic E-state index is 0.405. The van der Waals surface area contributed by atoms with Gasteiger partial charge in [-0.05, 0) is 60.5 Å². The van der Waals surface area contributed by atoms with Gasteiger partial charge in [-0.2, -0.15) is 9.97 Å². The van der Waals surface area contributed by atoms with Crippen molar-refractivity contribution in [1.29, 1.82) is 0 Å². The Labute approximate surface area is 191 Å². The average molecular weight is 438 g/mol. The van der Waals surface area contributed by atoms with Crippen molar-refractivity contribution in [2.24, 2.45) is 0 Å². The molecule has 1 aromatic heterocycles. The highest BCUT2D eigenvalue weighted by molar-refractivity contribution is 5.85. The van der Waals surface area contributed by atoms with Crippen LogP contribution in [0.2, 0.25) is 0 Å². The van der Waals surface area contributed by atoms with E-state index in [1.165, 1.54) is 6.08 Å². The number of nitrogens with zero attached hydrogens (tertiary/aromatic N) is 3. The second-order valence-corrected chi connectivity index (χ2v) is 7.27. The molecule has 0 saturated carbocycles. The third-order valence-corrected chi connectivity index (χ3v) is 4.95. The molecule has 1 heterocycles. The summed E-state index contributed by atoms with van der Waals surface area (Å²) in [6.45, 7) is 2.02. The van der Waals surface area contributed by atoms with Gasteiger partial charge >= 0.3 is 5.97 Å². The zero-order valence-electron chi connectivity index (χ0n) is 18.2. The third kappa shape index (κ3) is 5.40. The quantitative estimate of drug-likeness (QED) is 0.375. The minimum atomic E-state index is -0.989. The van der Waals surface area contributed by atoms with Crippen LogP contribution >= 0.6 is 0 Å². The van der Waals surface area contributed by atoms with Crippen LogP contribution in [-0.2, 0) is 4.79 Å². The lowest BCUT2D eigenvalue weighted by Crippen LogP contribution is -2.04. The van der Waals surface area contributed by atoms with Gasteiger partial charge in [0.2, 0.25) is 5.95 Å². The zero-order chi connectivity index (χ0) is 23.2. The first kappa shape index (κ1) is 21.7. The van der Waals surface area contributed by atoms with Gasteiger partial charge in [0.15, 0.2) is 11.6 Å². The van der Waals surface area contributed by atoms with Crippen molar-refractivity contribution < 1.29 is 14.6 Å². The number of carboxylic acids is 1. The van der Waals surface area contributed by atoms with Crippen molar-refractivity contribution >= 4 is 23.7 Å². The number of rotatable bonds is 7. The van der Waals surface area contributed by atoms with E-state index >= 15 is 0 Å². The van der Waals surface area contributed by atoms with Gasteiger partial charge in [0.25, 0.3) is 0 Å². The topological polar surface area (TPSA) is 97.2 Å². The number of nitrogens with one attached hydrogen (secondary N) is 1. The highest BCUT2D eigenvalue weighted by atomic mass is 16.5. The van der Waals surface area contributed by atoms with E-state index in [2.05, 4.69) is 15.3 Å². The molecule has 0 bridgehead atoms. The third-order valence-electron chi connectivity index (χ3n) is 4.95. The fraction of sp³-hybridized carbons (Fsp3) is 0.0769. The normalized spacial score (nSPS) is 10.8. The van der Waals surface area contributed by atoms with E-state index in [1.807, 2.05) is 79.7 Å². The predicted molar refractivity (Wildman–Crippen MR) is 128 cm³/mol. The second-order valence-electron chi connectivity index (χ2n) is 7.27. The summed E-state index contributed by atoms with van der Waals surface area (Å²) < 4.78 is 5.25. The molecule has 0 aliphatic rings. The molecule has 0 fully saturated rings. The molecule has 0 aliphatic heterocycles. The summed E-state index contributed by atoms with van der Waals surface area (Å²) in [6.07, 6.45) is 2.64. The lowest BCUT2D eigenvalue weighted by Gasteiger charge is -2.11. The van der Waals surface area contributed by atoms with Crippen LogP contribution in [0.25, 0.3) is 28.9 Å². The molecule has 164 valence electrons. The van der Waals surface area contributed by atoms with Crippen molar-refractivity contribution in [1.82, 2.24) is 15.0 Å². The Kier molecular flexibility index (Phi) is 6.40. The Morgan fingerprint density at radius 1 is 0.909 bits per heavy atom. The fourth-order valence-corrected chi connectivity index (χ4v) is 3.22. The molecule has 0 amide bonds. The van der Waals surface area contributed by atoms with Gasteiger partial charge in [-0.3, -0.25) is 0 Å². The van der Waals surface area contributed by atoms with Crippen LogP contribution in [0, 0.1) is 6.92 Å². The van der Waals surface area contributed by atoms with Crippen molar-refractivity contribution in [3.05, 3.63) is 90.0 Å². The number of ether oxygens (including phenoxy) is 1. The number of anilines is 2. The number of aromatic nitrogens is 3. The predicted octanol–water partition coefficient (Wildman–Crippen LogP) is 5.36. The van der Waals surface area contributed by atoms with Gasteiger partial charge in [0, 0.05) is 22.9 Å². The summed E-state index contributed by atoms with van der Waals surface area (Å²) >= 11 is 0. The molecule has 4 rings (SSSR count). The monoisotopic (exact) mass is 438 g/mol. The van der Waals surface area contributed by atoms with Crippen LogP contribution in [0.15, 0.2) is 78.9 Å². The molecule has 4 aromatic rings. The molecule has 7 nitrogen and oxygen atoms in total. The van der Waals surface area contributed by atoms with Gasteiger partial charge in [-0.15, -0.1) is 0 Å². The Morgan fingerprint density at radius 3 is 2.27 bits per heavy atom. The van der Waals surface area contributed by atoms with E-state index in [1.54, 1.807) is 7.11 Å². The Bertz CT molecular complexity index is 1300. The van der Waals surface area contributed by atoms with Crippen LogP contribution in [0.5, 0.6) is 5.75 Å². The lowest BCUT2D eigenvalue weighted by molar-refractivity contribution is -0.131. The number of hydrogen-bond donors (Lipinski definition) is 2. The molecule has 0 unspecified atom stereocenters. The maximum absolute atomic E-state index is 10.7. The van der Waals surface area contributed by atoms with Crippen LogP contribution in [-0.4, -0.2) is 33.1 Å². The Balaban J connectivity index is 1.71. The number of methoxy groups -OCH3 is 1. The summed E-state index contributed by atoms with van der Waals surface area (Å²) in [5, 5.41) is 12.0. The average Bonchev–Trinajstić information content (AvgIpc) is 2.84. The van der Waals surface area contributed by atoms with Gasteiger partial charge in [-0.25, -0.2) is 9.78 Å². The van der Waals surface area contributed by atoms with Gasteiger partial charge in [-0.1, -0.05) is 36.4 Å². The van der Waals surface area contributed by atoms with E-state index in [0.29, 0.717) is 17.6 Å². The van der Waals surface area contributed by atoms with Crippen LogP contribution in [0.4, 0.5) is 11.6 Å². The van der Waals surface area contributed by atoms with Gasteiger partial charge in [0.1, 0.15) is 5.75 Å². The standard InChI is InChI=1S/C26H22N4O3/c1-17-5-3-4-6-22(17)25-28-24(19-10-14-21(33-2)15-11-19)29-26(30-25)27-20-12-7-18(8-13-20)9-16-23(31)32/h3-16H,1-2H3,(H,31,32)(H,27,28,29,30). The molecule has 3 aromatic carbocycles. The van der Waals surface area contributed by atoms with E-state index in [9.17, 15) is 4.79 Å². The first-order chi connectivity index (χ1) is 16.0. The first-order valence-corrected chi connectivity index (χ1v) is 10.3.